The topological polar surface area (TPSA) is 47.0 Å². The Balaban J connectivity index is 2.09. The van der Waals surface area contributed by atoms with Crippen LogP contribution in [0.5, 0.6) is 5.75 Å². The van der Waals surface area contributed by atoms with Crippen molar-refractivity contribution in [2.75, 3.05) is 18.5 Å². The summed E-state index contributed by atoms with van der Waals surface area (Å²) >= 11 is 0. The highest BCUT2D eigenvalue weighted by molar-refractivity contribution is 5.70. The van der Waals surface area contributed by atoms with Crippen LogP contribution in [0.4, 0.5) is 5.82 Å². The van der Waals surface area contributed by atoms with E-state index in [2.05, 4.69) is 41.3 Å². The van der Waals surface area contributed by atoms with Gasteiger partial charge in [0.05, 0.1) is 12.3 Å². The van der Waals surface area contributed by atoms with Crippen LogP contribution in [0.2, 0.25) is 0 Å². The molecule has 0 amide bonds. The maximum atomic E-state index is 5.56. The highest BCUT2D eigenvalue weighted by atomic mass is 16.5. The first-order chi connectivity index (χ1) is 9.69. The van der Waals surface area contributed by atoms with Crippen LogP contribution < -0.4 is 10.1 Å². The molecule has 0 saturated heterocycles. The summed E-state index contributed by atoms with van der Waals surface area (Å²) in [6, 6.07) is 6.31. The van der Waals surface area contributed by atoms with Crippen LogP contribution in [0, 0.1) is 13.8 Å². The van der Waals surface area contributed by atoms with Crippen molar-refractivity contribution < 1.29 is 4.74 Å². The van der Waals surface area contributed by atoms with E-state index in [1.807, 2.05) is 13.0 Å². The summed E-state index contributed by atoms with van der Waals surface area (Å²) in [5.41, 5.74) is 4.50. The first-order valence-electron chi connectivity index (χ1n) is 7.04. The number of nitrogens with one attached hydrogen (secondary N) is 1. The standard InChI is InChI=1S/C16H19N3O/c1-4-17-16-10(2)15(18-11(3)19-16)13-5-6-14-12(9-13)7-8-20-14/h5-6,9H,4,7-8H2,1-3H3,(H,17,18,19). The predicted octanol–water partition coefficient (Wildman–Crippen LogP) is 3.13. The molecular formula is C16H19N3O. The van der Waals surface area contributed by atoms with Gasteiger partial charge in [0.1, 0.15) is 17.4 Å². The number of hydrogen-bond donors (Lipinski definition) is 1. The van der Waals surface area contributed by atoms with Crippen molar-refractivity contribution in [3.05, 3.63) is 35.2 Å². The monoisotopic (exact) mass is 269 g/mol. The van der Waals surface area contributed by atoms with Crippen molar-refractivity contribution in [2.24, 2.45) is 0 Å². The highest BCUT2D eigenvalue weighted by Crippen LogP contribution is 2.32. The highest BCUT2D eigenvalue weighted by Gasteiger charge is 2.16. The molecule has 4 heteroatoms. The molecule has 1 aliphatic rings. The van der Waals surface area contributed by atoms with Gasteiger partial charge in [0.2, 0.25) is 0 Å². The van der Waals surface area contributed by atoms with Crippen molar-refractivity contribution in [3.63, 3.8) is 0 Å². The van der Waals surface area contributed by atoms with Gasteiger partial charge in [-0.3, -0.25) is 0 Å². The van der Waals surface area contributed by atoms with E-state index < -0.39 is 0 Å². The normalized spacial score (nSPS) is 12.9. The lowest BCUT2D eigenvalue weighted by Gasteiger charge is -2.12. The number of hydrogen-bond acceptors (Lipinski definition) is 4. The predicted molar refractivity (Wildman–Crippen MR) is 80.3 cm³/mol. The number of aryl methyl sites for hydroxylation is 1. The van der Waals surface area contributed by atoms with Gasteiger partial charge in [-0.05, 0) is 44.5 Å². The minimum absolute atomic E-state index is 0.781. The van der Waals surface area contributed by atoms with Gasteiger partial charge in [0.25, 0.3) is 0 Å². The van der Waals surface area contributed by atoms with Gasteiger partial charge in [0.15, 0.2) is 0 Å². The third-order valence-electron chi connectivity index (χ3n) is 3.56. The van der Waals surface area contributed by atoms with Crippen molar-refractivity contribution in [2.45, 2.75) is 27.2 Å². The second-order valence-electron chi connectivity index (χ2n) is 5.04. The van der Waals surface area contributed by atoms with Crippen LogP contribution in [0.3, 0.4) is 0 Å². The van der Waals surface area contributed by atoms with E-state index in [4.69, 9.17) is 4.74 Å². The Morgan fingerprint density at radius 2 is 2.10 bits per heavy atom. The van der Waals surface area contributed by atoms with Crippen LogP contribution in [0.15, 0.2) is 18.2 Å². The Morgan fingerprint density at radius 3 is 2.90 bits per heavy atom. The Morgan fingerprint density at radius 1 is 1.25 bits per heavy atom. The molecule has 2 heterocycles. The summed E-state index contributed by atoms with van der Waals surface area (Å²) in [7, 11) is 0. The van der Waals surface area contributed by atoms with E-state index in [-0.39, 0.29) is 0 Å². The molecule has 4 nitrogen and oxygen atoms in total. The van der Waals surface area contributed by atoms with E-state index in [0.29, 0.717) is 0 Å². The van der Waals surface area contributed by atoms with Crippen LogP contribution in [0.1, 0.15) is 23.9 Å². The summed E-state index contributed by atoms with van der Waals surface area (Å²) in [5, 5.41) is 3.30. The molecule has 20 heavy (non-hydrogen) atoms. The average Bonchev–Trinajstić information content (AvgIpc) is 2.90. The zero-order valence-electron chi connectivity index (χ0n) is 12.2. The number of nitrogens with zero attached hydrogens (tertiary/aromatic N) is 2. The second kappa shape index (κ2) is 5.12. The molecule has 1 aliphatic heterocycles. The molecule has 1 aromatic carbocycles. The van der Waals surface area contributed by atoms with E-state index in [9.17, 15) is 0 Å². The summed E-state index contributed by atoms with van der Waals surface area (Å²) < 4.78 is 5.56. The third-order valence-corrected chi connectivity index (χ3v) is 3.56. The zero-order valence-corrected chi connectivity index (χ0v) is 12.2. The number of anilines is 1. The molecule has 1 aromatic heterocycles. The average molecular weight is 269 g/mol. The molecule has 104 valence electrons. The Bertz CT molecular complexity index is 652. The molecular weight excluding hydrogens is 250 g/mol. The van der Waals surface area contributed by atoms with Gasteiger partial charge in [-0.2, -0.15) is 0 Å². The first-order valence-corrected chi connectivity index (χ1v) is 7.04. The number of aromatic nitrogens is 2. The maximum absolute atomic E-state index is 5.56. The summed E-state index contributed by atoms with van der Waals surface area (Å²) in [5.74, 6) is 2.72. The SMILES string of the molecule is CCNc1nc(C)nc(-c2ccc3c(c2)CCO3)c1C. The van der Waals surface area contributed by atoms with Crippen molar-refractivity contribution >= 4 is 5.82 Å². The zero-order chi connectivity index (χ0) is 14.1. The van der Waals surface area contributed by atoms with Gasteiger partial charge >= 0.3 is 0 Å². The van der Waals surface area contributed by atoms with Crippen molar-refractivity contribution in [1.29, 1.82) is 0 Å². The lowest BCUT2D eigenvalue weighted by molar-refractivity contribution is 0.357. The van der Waals surface area contributed by atoms with E-state index in [0.717, 1.165) is 53.8 Å². The van der Waals surface area contributed by atoms with Crippen LogP contribution in [-0.4, -0.2) is 23.1 Å². The Hall–Kier alpha value is -2.10. The molecule has 0 aliphatic carbocycles. The summed E-state index contributed by atoms with van der Waals surface area (Å²) in [6.07, 6.45) is 0.979. The number of benzene rings is 1. The Kier molecular flexibility index (Phi) is 3.30. The third kappa shape index (κ3) is 2.22. The maximum Gasteiger partial charge on any atom is 0.133 e. The lowest BCUT2D eigenvalue weighted by atomic mass is 10.0. The van der Waals surface area contributed by atoms with Crippen LogP contribution >= 0.6 is 0 Å². The number of rotatable bonds is 3. The van der Waals surface area contributed by atoms with E-state index >= 15 is 0 Å². The van der Waals surface area contributed by atoms with E-state index in [1.54, 1.807) is 0 Å². The van der Waals surface area contributed by atoms with Crippen molar-refractivity contribution in [3.8, 4) is 17.0 Å². The lowest BCUT2D eigenvalue weighted by Crippen LogP contribution is -2.06. The van der Waals surface area contributed by atoms with Gasteiger partial charge in [-0.15, -0.1) is 0 Å². The fourth-order valence-corrected chi connectivity index (χ4v) is 2.58. The minimum atomic E-state index is 0.781. The molecule has 1 N–H and O–H groups in total. The fraction of sp³-hybridized carbons (Fsp3) is 0.375. The van der Waals surface area contributed by atoms with Crippen molar-refractivity contribution in [1.82, 2.24) is 9.97 Å². The quantitative estimate of drug-likeness (QED) is 0.930. The van der Waals surface area contributed by atoms with Crippen LogP contribution in [-0.2, 0) is 6.42 Å². The molecule has 0 spiro atoms. The molecule has 0 atom stereocenters. The molecule has 0 fully saturated rings. The minimum Gasteiger partial charge on any atom is -0.493 e. The number of fused-ring (bicyclic) bond motifs is 1. The molecule has 3 rings (SSSR count). The van der Waals surface area contributed by atoms with Gasteiger partial charge in [-0.1, -0.05) is 0 Å². The number of ether oxygens (including phenoxy) is 1. The van der Waals surface area contributed by atoms with E-state index in [1.165, 1.54) is 5.56 Å². The van der Waals surface area contributed by atoms with Gasteiger partial charge in [-0.25, -0.2) is 9.97 Å². The molecule has 0 unspecified atom stereocenters. The van der Waals surface area contributed by atoms with Gasteiger partial charge < -0.3 is 10.1 Å². The molecule has 2 aromatic rings. The molecule has 0 saturated carbocycles. The van der Waals surface area contributed by atoms with Gasteiger partial charge in [0, 0.05) is 24.1 Å². The Labute approximate surface area is 119 Å². The molecule has 0 bridgehead atoms. The van der Waals surface area contributed by atoms with Crippen LogP contribution in [0.25, 0.3) is 11.3 Å². The fourth-order valence-electron chi connectivity index (χ4n) is 2.58. The first kappa shape index (κ1) is 12.9. The smallest absolute Gasteiger partial charge is 0.133 e. The molecule has 0 radical (unpaired) electrons. The summed E-state index contributed by atoms with van der Waals surface area (Å²) in [6.45, 7) is 7.71. The summed E-state index contributed by atoms with van der Waals surface area (Å²) in [4.78, 5) is 9.09. The second-order valence-corrected chi connectivity index (χ2v) is 5.04. The largest absolute Gasteiger partial charge is 0.493 e.